The van der Waals surface area contributed by atoms with Crippen LogP contribution >= 0.6 is 36.4 Å². The number of hydrogen-bond donors (Lipinski definition) is 2. The van der Waals surface area contributed by atoms with Gasteiger partial charge in [-0.15, -0.1) is 24.8 Å². The van der Waals surface area contributed by atoms with Crippen LogP contribution < -0.4 is 10.2 Å². The zero-order valence-electron chi connectivity index (χ0n) is 24.6. The summed E-state index contributed by atoms with van der Waals surface area (Å²) in [6.07, 6.45) is 6.84. The van der Waals surface area contributed by atoms with Gasteiger partial charge in [0.05, 0.1) is 18.2 Å². The van der Waals surface area contributed by atoms with E-state index in [0.717, 1.165) is 74.2 Å². The van der Waals surface area contributed by atoms with Crippen LogP contribution in [0.4, 0.5) is 10.2 Å². The average Bonchev–Trinajstić information content (AvgIpc) is 3.59. The molecule has 4 aromatic rings. The van der Waals surface area contributed by atoms with Crippen molar-refractivity contribution in [3.63, 3.8) is 0 Å². The molecule has 0 saturated carbocycles. The number of phenols is 1. The number of rotatable bonds is 7. The molecule has 236 valence electrons. The van der Waals surface area contributed by atoms with E-state index in [4.69, 9.17) is 21.4 Å². The molecule has 0 radical (unpaired) electrons. The fourth-order valence-corrected chi connectivity index (χ4v) is 8.32. The number of halogens is 4. The summed E-state index contributed by atoms with van der Waals surface area (Å²) in [5.74, 6) is 0.620. The summed E-state index contributed by atoms with van der Waals surface area (Å²) < 4.78 is 24.4. The summed E-state index contributed by atoms with van der Waals surface area (Å²) in [5, 5.41) is 21.9. The third-order valence-electron chi connectivity index (χ3n) is 9.96. The van der Waals surface area contributed by atoms with Gasteiger partial charge in [0.2, 0.25) is 0 Å². The van der Waals surface area contributed by atoms with Crippen LogP contribution in [-0.2, 0) is 11.3 Å². The molecule has 4 saturated heterocycles. The Balaban J connectivity index is 0.00000171. The highest BCUT2D eigenvalue weighted by Crippen LogP contribution is 2.43. The van der Waals surface area contributed by atoms with Crippen molar-refractivity contribution < 1.29 is 14.2 Å². The highest BCUT2D eigenvalue weighted by atomic mass is 35.5. The van der Waals surface area contributed by atoms with Crippen LogP contribution in [0.2, 0.25) is 5.02 Å². The molecular weight excluding hydrogens is 624 g/mol. The zero-order valence-corrected chi connectivity index (χ0v) is 26.9. The first-order valence-electron chi connectivity index (χ1n) is 15.5. The van der Waals surface area contributed by atoms with E-state index in [9.17, 15) is 5.11 Å². The first-order chi connectivity index (χ1) is 20.5. The number of ether oxygens (including phenoxy) is 1. The second-order valence-corrected chi connectivity index (χ2v) is 13.0. The lowest BCUT2D eigenvalue weighted by atomic mass is 9.96. The monoisotopic (exact) mass is 661 g/mol. The SMILES string of the molecule is Cl.Cl.Oc1cc(-c2c(Cl)cc3c(N4CC5CCC(C4)N5)n(CCCCN4C5CCC4COC5)nc3c2F)c2ccccc2c1. The lowest BCUT2D eigenvalue weighted by molar-refractivity contribution is -0.0151. The zero-order chi connectivity index (χ0) is 28.4. The number of piperazine rings is 1. The predicted molar refractivity (Wildman–Crippen MR) is 180 cm³/mol. The molecule has 0 aliphatic carbocycles. The van der Waals surface area contributed by atoms with Crippen LogP contribution in [0.3, 0.4) is 0 Å². The van der Waals surface area contributed by atoms with E-state index >= 15 is 4.39 Å². The van der Waals surface area contributed by atoms with Crippen LogP contribution in [0, 0.1) is 5.82 Å². The summed E-state index contributed by atoms with van der Waals surface area (Å²) >= 11 is 6.93. The molecule has 0 spiro atoms. The van der Waals surface area contributed by atoms with Crippen molar-refractivity contribution in [2.45, 2.75) is 69.2 Å². The van der Waals surface area contributed by atoms with Crippen LogP contribution in [0.15, 0.2) is 42.5 Å². The van der Waals surface area contributed by atoms with E-state index in [1.807, 2.05) is 35.0 Å². The van der Waals surface area contributed by atoms with Gasteiger partial charge in [0.15, 0.2) is 5.82 Å². The molecule has 0 amide bonds. The van der Waals surface area contributed by atoms with Crippen LogP contribution in [0.1, 0.15) is 38.5 Å². The molecule has 5 heterocycles. The Morgan fingerprint density at radius 3 is 2.39 bits per heavy atom. The number of benzene rings is 3. The standard InChI is InChI=1S/C33H37ClFN5O2.2ClH/c34-29-15-28-32(31(35)30(29)27-14-25(41)13-20-5-1-2-6-26(20)27)37-40(33(28)38-16-21-7-8-22(17-38)36-21)12-4-3-11-39-23-9-10-24(39)19-42-18-23;;/h1-2,5-6,13-15,21-24,36,41H,3-4,7-12,16-19H2;2*1H. The van der Waals surface area contributed by atoms with Gasteiger partial charge in [-0.2, -0.15) is 5.10 Å². The van der Waals surface area contributed by atoms with Gasteiger partial charge in [-0.3, -0.25) is 4.90 Å². The number of nitrogens with one attached hydrogen (secondary N) is 1. The average molecular weight is 663 g/mol. The van der Waals surface area contributed by atoms with E-state index in [0.29, 0.717) is 40.3 Å². The molecule has 11 heteroatoms. The molecule has 4 atom stereocenters. The van der Waals surface area contributed by atoms with Gasteiger partial charge in [0.25, 0.3) is 0 Å². The molecule has 4 aliphatic rings. The van der Waals surface area contributed by atoms with E-state index in [1.165, 1.54) is 25.7 Å². The van der Waals surface area contributed by atoms with Crippen molar-refractivity contribution in [2.75, 3.05) is 37.7 Å². The van der Waals surface area contributed by atoms with Gasteiger partial charge in [0.1, 0.15) is 17.1 Å². The predicted octanol–water partition coefficient (Wildman–Crippen LogP) is 6.78. The van der Waals surface area contributed by atoms with E-state index in [2.05, 4.69) is 15.1 Å². The Morgan fingerprint density at radius 1 is 0.932 bits per heavy atom. The van der Waals surface area contributed by atoms with Crippen molar-refractivity contribution in [1.29, 1.82) is 0 Å². The number of fused-ring (bicyclic) bond motifs is 6. The fourth-order valence-electron chi connectivity index (χ4n) is 8.03. The third-order valence-corrected chi connectivity index (χ3v) is 10.3. The molecule has 4 bridgehead atoms. The first kappa shape index (κ1) is 31.6. The molecule has 44 heavy (non-hydrogen) atoms. The highest BCUT2D eigenvalue weighted by molar-refractivity contribution is 6.35. The minimum atomic E-state index is -0.434. The molecule has 4 unspecified atom stereocenters. The number of unbranched alkanes of at least 4 members (excludes halogenated alkanes) is 1. The summed E-state index contributed by atoms with van der Waals surface area (Å²) in [7, 11) is 0. The van der Waals surface area contributed by atoms with Crippen molar-refractivity contribution >= 4 is 63.9 Å². The van der Waals surface area contributed by atoms with Crippen molar-refractivity contribution in [3.05, 3.63) is 53.3 Å². The normalized spacial score (nSPS) is 24.5. The maximum absolute atomic E-state index is 16.6. The smallest absolute Gasteiger partial charge is 0.160 e. The number of phenolic OH excluding ortho intramolecular Hbond substituents is 1. The number of anilines is 1. The second-order valence-electron chi connectivity index (χ2n) is 12.6. The molecule has 1 aromatic heterocycles. The molecule has 4 aliphatic heterocycles. The number of aromatic nitrogens is 2. The molecule has 2 N–H and O–H groups in total. The van der Waals surface area contributed by atoms with Gasteiger partial charge in [-0.05, 0) is 79.6 Å². The number of nitrogens with zero attached hydrogens (tertiary/aromatic N) is 4. The largest absolute Gasteiger partial charge is 0.508 e. The summed E-state index contributed by atoms with van der Waals surface area (Å²) in [6.45, 7) is 5.27. The Hall–Kier alpha value is -2.33. The molecular formula is C33H39Cl3FN5O2. The molecule has 4 fully saturated rings. The van der Waals surface area contributed by atoms with E-state index < -0.39 is 5.82 Å². The summed E-state index contributed by atoms with van der Waals surface area (Å²) in [6, 6.07) is 14.9. The fraction of sp³-hybridized carbons (Fsp3) is 0.485. The van der Waals surface area contributed by atoms with Gasteiger partial charge in [0, 0.05) is 54.8 Å². The Labute approximate surface area is 274 Å². The van der Waals surface area contributed by atoms with Crippen molar-refractivity contribution in [2.24, 2.45) is 0 Å². The maximum atomic E-state index is 16.6. The Bertz CT molecular complexity index is 1640. The Kier molecular flexibility index (Phi) is 9.22. The number of morpholine rings is 1. The summed E-state index contributed by atoms with van der Waals surface area (Å²) in [5.41, 5.74) is 1.20. The number of hydrogen-bond acceptors (Lipinski definition) is 6. The van der Waals surface area contributed by atoms with Gasteiger partial charge in [-0.1, -0.05) is 35.9 Å². The van der Waals surface area contributed by atoms with Crippen molar-refractivity contribution in [1.82, 2.24) is 20.0 Å². The van der Waals surface area contributed by atoms with Crippen LogP contribution in [-0.4, -0.2) is 76.8 Å². The maximum Gasteiger partial charge on any atom is 0.160 e. The molecule has 7 nitrogen and oxygen atoms in total. The van der Waals surface area contributed by atoms with Crippen LogP contribution in [0.5, 0.6) is 5.75 Å². The minimum absolute atomic E-state index is 0. The second kappa shape index (κ2) is 12.8. The lowest BCUT2D eigenvalue weighted by Gasteiger charge is -2.35. The molecule has 3 aromatic carbocycles. The van der Waals surface area contributed by atoms with E-state index in [1.54, 1.807) is 12.1 Å². The van der Waals surface area contributed by atoms with Crippen LogP contribution in [0.25, 0.3) is 32.8 Å². The summed E-state index contributed by atoms with van der Waals surface area (Å²) in [4.78, 5) is 5.04. The topological polar surface area (TPSA) is 65.8 Å². The van der Waals surface area contributed by atoms with Gasteiger partial charge < -0.3 is 20.1 Å². The quantitative estimate of drug-likeness (QED) is 0.213. The lowest BCUT2D eigenvalue weighted by Crippen LogP contribution is -2.51. The Morgan fingerprint density at radius 2 is 1.64 bits per heavy atom. The highest BCUT2D eigenvalue weighted by Gasteiger charge is 2.37. The number of aryl methyl sites for hydroxylation is 1. The van der Waals surface area contributed by atoms with E-state index in [-0.39, 0.29) is 36.1 Å². The minimum Gasteiger partial charge on any atom is -0.508 e. The number of aromatic hydroxyl groups is 1. The third kappa shape index (κ3) is 5.52. The first-order valence-corrected chi connectivity index (χ1v) is 15.9. The van der Waals surface area contributed by atoms with Gasteiger partial charge >= 0.3 is 0 Å². The van der Waals surface area contributed by atoms with Crippen molar-refractivity contribution in [3.8, 4) is 16.9 Å². The molecule has 8 rings (SSSR count). The van der Waals surface area contributed by atoms with Gasteiger partial charge in [-0.25, -0.2) is 9.07 Å².